The number of esters is 2. The van der Waals surface area contributed by atoms with E-state index in [1.54, 1.807) is 6.07 Å². The molecule has 49 heavy (non-hydrogen) atoms. The molecule has 5 atom stereocenters. The first-order valence-electron chi connectivity index (χ1n) is 15.5. The van der Waals surface area contributed by atoms with Crippen LogP contribution in [0.2, 0.25) is 0 Å². The first kappa shape index (κ1) is 35.7. The molecule has 1 heterocycles. The maximum atomic E-state index is 13.6. The minimum atomic E-state index is -4.71. The van der Waals surface area contributed by atoms with E-state index in [1.807, 2.05) is 24.3 Å². The zero-order valence-electron chi connectivity index (χ0n) is 26.3. The number of ether oxygens (including phenoxy) is 4. The molecule has 2 aromatic carbocycles. The molecule has 0 bridgehead atoms. The van der Waals surface area contributed by atoms with E-state index < -0.39 is 72.8 Å². The van der Waals surface area contributed by atoms with Crippen LogP contribution in [0.25, 0.3) is 6.08 Å². The van der Waals surface area contributed by atoms with Crippen LogP contribution in [-0.2, 0) is 46.2 Å². The highest BCUT2D eigenvalue weighted by Gasteiger charge is 2.55. The highest BCUT2D eigenvalue weighted by Crippen LogP contribution is 2.45. The number of benzene rings is 2. The van der Waals surface area contributed by atoms with E-state index in [9.17, 15) is 37.5 Å². The number of alkyl halides is 3. The maximum Gasteiger partial charge on any atom is 0.422 e. The lowest BCUT2D eigenvalue weighted by Gasteiger charge is -2.31. The minimum absolute atomic E-state index is 0.0314. The predicted octanol–water partition coefficient (Wildman–Crippen LogP) is 1.91. The van der Waals surface area contributed by atoms with E-state index in [0.717, 1.165) is 23.3 Å². The average molecular weight is 689 g/mol. The number of rotatable bonds is 11. The Bertz CT molecular complexity index is 1610. The second kappa shape index (κ2) is 14.9. The molecule has 15 heteroatoms. The summed E-state index contributed by atoms with van der Waals surface area (Å²) < 4.78 is 60.3. The minimum Gasteiger partial charge on any atom is -0.456 e. The van der Waals surface area contributed by atoms with E-state index in [2.05, 4.69) is 15.4 Å². The second-order valence-corrected chi connectivity index (χ2v) is 11.9. The molecule has 1 saturated heterocycles. The fourth-order valence-corrected chi connectivity index (χ4v) is 5.98. The van der Waals surface area contributed by atoms with Crippen LogP contribution in [0, 0.1) is 0 Å². The Hall–Kier alpha value is -4.57. The van der Waals surface area contributed by atoms with Crippen LogP contribution in [0.5, 0.6) is 0 Å². The molecule has 1 fully saturated rings. The molecule has 2 amide bonds. The van der Waals surface area contributed by atoms with Crippen molar-refractivity contribution >= 4 is 29.8 Å². The van der Waals surface area contributed by atoms with Gasteiger partial charge in [0.2, 0.25) is 11.8 Å². The summed E-state index contributed by atoms with van der Waals surface area (Å²) >= 11 is 0. The molecule has 1 aliphatic heterocycles. The number of hydrogen-bond acceptors (Lipinski definition) is 10. The van der Waals surface area contributed by atoms with Gasteiger partial charge in [-0.2, -0.15) is 13.2 Å². The molecule has 2 aromatic rings. The fraction of sp³-hybridized carbons (Fsp3) is 0.412. The third-order valence-corrected chi connectivity index (χ3v) is 8.19. The quantitative estimate of drug-likeness (QED) is 0.202. The third-order valence-electron chi connectivity index (χ3n) is 8.19. The monoisotopic (exact) mass is 688 g/mol. The van der Waals surface area contributed by atoms with Crippen LogP contribution >= 0.6 is 0 Å². The molecule has 5 rings (SSSR count). The van der Waals surface area contributed by atoms with E-state index in [1.165, 1.54) is 31.2 Å². The Balaban J connectivity index is 1.38. The van der Waals surface area contributed by atoms with Gasteiger partial charge in [0.05, 0.1) is 18.3 Å². The van der Waals surface area contributed by atoms with Crippen molar-refractivity contribution in [3.8, 4) is 0 Å². The number of carbonyl (C=O) groups excluding carboxylic acids is 4. The summed E-state index contributed by atoms with van der Waals surface area (Å²) in [6.45, 7) is -0.898. The van der Waals surface area contributed by atoms with Crippen molar-refractivity contribution in [1.82, 2.24) is 10.6 Å². The number of aliphatic hydroxyl groups is 2. The van der Waals surface area contributed by atoms with Gasteiger partial charge in [-0.1, -0.05) is 42.5 Å². The standard InChI is InChI=1S/C34H35F3N2O10/c1-19(41)28(31(44)38-12-13-40)39-30(43)23-14-25(29-26(15-23)48-33(49-29)16-21-7-2-3-8-22(21)17-33)47-32(45)24-9-5-4-6-20(24)10-11-27(42)46-18-34(35,36)37/h2-11,15,19,25-26,28-29,40-41H,12-14,16-18H2,1H3,(H,38,44)(H,39,43). The number of nitrogens with one attached hydrogen (secondary N) is 2. The summed E-state index contributed by atoms with van der Waals surface area (Å²) in [6, 6.07) is 12.2. The molecule has 0 aromatic heterocycles. The van der Waals surface area contributed by atoms with Gasteiger partial charge in [0, 0.05) is 37.5 Å². The van der Waals surface area contributed by atoms with Gasteiger partial charge >= 0.3 is 18.1 Å². The lowest BCUT2D eigenvalue weighted by atomic mass is 9.91. The lowest BCUT2D eigenvalue weighted by Crippen LogP contribution is -2.54. The van der Waals surface area contributed by atoms with Crippen molar-refractivity contribution in [2.75, 3.05) is 19.8 Å². The molecular weight excluding hydrogens is 653 g/mol. The van der Waals surface area contributed by atoms with Crippen molar-refractivity contribution < 1.29 is 61.5 Å². The summed E-state index contributed by atoms with van der Waals surface area (Å²) in [6.07, 6.45) is -4.75. The van der Waals surface area contributed by atoms with Crippen LogP contribution in [0.1, 0.15) is 40.4 Å². The lowest BCUT2D eigenvalue weighted by molar-refractivity contribution is -0.182. The molecule has 3 aliphatic rings. The number of carbonyl (C=O) groups is 4. The number of fused-ring (bicyclic) bond motifs is 2. The maximum absolute atomic E-state index is 13.6. The van der Waals surface area contributed by atoms with Gasteiger partial charge in [0.25, 0.3) is 0 Å². The summed E-state index contributed by atoms with van der Waals surface area (Å²) in [5.41, 5.74) is 2.24. The van der Waals surface area contributed by atoms with Gasteiger partial charge < -0.3 is 39.8 Å². The van der Waals surface area contributed by atoms with Crippen molar-refractivity contribution in [3.63, 3.8) is 0 Å². The van der Waals surface area contributed by atoms with Crippen molar-refractivity contribution in [2.24, 2.45) is 0 Å². The van der Waals surface area contributed by atoms with E-state index in [0.29, 0.717) is 12.8 Å². The summed E-state index contributed by atoms with van der Waals surface area (Å²) in [5.74, 6) is -4.69. The van der Waals surface area contributed by atoms with Crippen LogP contribution < -0.4 is 10.6 Å². The molecule has 1 spiro atoms. The molecular formula is C34H35F3N2O10. The highest BCUT2D eigenvalue weighted by atomic mass is 19.4. The Kier molecular flexibility index (Phi) is 10.9. The normalized spacial score (nSPS) is 22.1. The Morgan fingerprint density at radius 2 is 1.73 bits per heavy atom. The Morgan fingerprint density at radius 1 is 1.06 bits per heavy atom. The van der Waals surface area contributed by atoms with Crippen LogP contribution in [-0.4, -0.2) is 96.1 Å². The molecule has 12 nitrogen and oxygen atoms in total. The zero-order valence-corrected chi connectivity index (χ0v) is 26.3. The molecule has 2 aliphatic carbocycles. The zero-order chi connectivity index (χ0) is 35.3. The Morgan fingerprint density at radius 3 is 2.39 bits per heavy atom. The predicted molar refractivity (Wildman–Crippen MR) is 164 cm³/mol. The highest BCUT2D eigenvalue weighted by molar-refractivity contribution is 5.98. The van der Waals surface area contributed by atoms with Crippen LogP contribution in [0.4, 0.5) is 13.2 Å². The number of halogens is 3. The number of hydrogen-bond donors (Lipinski definition) is 4. The largest absolute Gasteiger partial charge is 0.456 e. The van der Waals surface area contributed by atoms with E-state index >= 15 is 0 Å². The first-order chi connectivity index (χ1) is 23.3. The summed E-state index contributed by atoms with van der Waals surface area (Å²) in [4.78, 5) is 51.5. The molecule has 0 radical (unpaired) electrons. The molecule has 0 saturated carbocycles. The van der Waals surface area contributed by atoms with Crippen molar-refractivity contribution in [3.05, 3.63) is 88.5 Å². The van der Waals surface area contributed by atoms with Crippen molar-refractivity contribution in [2.45, 2.75) is 68.6 Å². The van der Waals surface area contributed by atoms with Gasteiger partial charge in [-0.05, 0) is 41.8 Å². The van der Waals surface area contributed by atoms with Crippen LogP contribution in [0.15, 0.2) is 66.3 Å². The van der Waals surface area contributed by atoms with Gasteiger partial charge in [-0.3, -0.25) is 9.59 Å². The second-order valence-electron chi connectivity index (χ2n) is 11.9. The van der Waals surface area contributed by atoms with Crippen molar-refractivity contribution in [1.29, 1.82) is 0 Å². The van der Waals surface area contributed by atoms with E-state index in [-0.39, 0.29) is 36.3 Å². The Labute approximate surface area is 278 Å². The molecule has 262 valence electrons. The first-order valence-corrected chi connectivity index (χ1v) is 15.5. The topological polar surface area (TPSA) is 170 Å². The number of amides is 2. The molecule has 5 unspecified atom stereocenters. The van der Waals surface area contributed by atoms with Gasteiger partial charge in [-0.25, -0.2) is 9.59 Å². The summed E-state index contributed by atoms with van der Waals surface area (Å²) in [5, 5.41) is 24.2. The van der Waals surface area contributed by atoms with Gasteiger partial charge in [0.1, 0.15) is 24.4 Å². The van der Waals surface area contributed by atoms with Gasteiger partial charge in [0.15, 0.2) is 12.4 Å². The van der Waals surface area contributed by atoms with Gasteiger partial charge in [-0.15, -0.1) is 0 Å². The number of aliphatic hydroxyl groups excluding tert-OH is 2. The fourth-order valence-electron chi connectivity index (χ4n) is 5.98. The third kappa shape index (κ3) is 8.73. The van der Waals surface area contributed by atoms with E-state index in [4.69, 9.17) is 19.3 Å². The SMILES string of the molecule is CC(O)C(NC(=O)C1=CC2OC3(Cc4ccccc4C3)OC2C(OC(=O)c2ccccc2C=CC(=O)OCC(F)(F)F)C1)C(=O)NCCO. The summed E-state index contributed by atoms with van der Waals surface area (Å²) in [7, 11) is 0. The van der Waals surface area contributed by atoms with Crippen LogP contribution in [0.3, 0.4) is 0 Å². The molecule has 4 N–H and O–H groups in total. The average Bonchev–Trinajstić information content (AvgIpc) is 3.61. The smallest absolute Gasteiger partial charge is 0.422 e.